The topological polar surface area (TPSA) is 17.1 Å². The molecule has 0 amide bonds. The number of rotatable bonds is 0. The Morgan fingerprint density at radius 3 is 1.00 bits per heavy atom. The van der Waals surface area contributed by atoms with Gasteiger partial charge < -0.3 is 0 Å². The van der Waals surface area contributed by atoms with E-state index in [1.807, 2.05) is 0 Å². The molecule has 0 radical (unpaired) electrons. The van der Waals surface area contributed by atoms with Crippen molar-refractivity contribution in [2.45, 2.75) is 0 Å². The Bertz CT molecular complexity index is 9.61. The molecule has 0 rings (SSSR count). The Labute approximate surface area is 91.6 Å². The van der Waals surface area contributed by atoms with E-state index in [0.29, 0.717) is 0 Å². The molecule has 0 aliphatic rings. The molecule has 1 nitrogen and oxygen atoms in total. The molecule has 5 heteroatoms. The van der Waals surface area contributed by atoms with E-state index in [4.69, 9.17) is 3.57 Å². The molecule has 5 heavy (non-hydrogen) atoms. The van der Waals surface area contributed by atoms with E-state index in [1.165, 1.54) is 0 Å². The van der Waals surface area contributed by atoms with Crippen molar-refractivity contribution >= 4 is 71.5 Å². The van der Waals surface area contributed by atoms with E-state index >= 15 is 0 Å². The van der Waals surface area contributed by atoms with E-state index in [1.54, 1.807) is 0 Å². The average molecular weight is 390 g/mol. The zero-order valence-electron chi connectivity index (χ0n) is 1.12. The molecule has 0 atom stereocenters. The summed E-state index contributed by atoms with van der Waals surface area (Å²) in [7, 11) is 0. The van der Waals surface area contributed by atoms with Crippen LogP contribution in [0.25, 0.3) is 0 Å². The van der Waals surface area contributed by atoms with Gasteiger partial charge in [-0.05, 0) is 0 Å². The standard InChI is InChI=1S/Ga.2In.O.Zn.9H. The Hall–Kier alpha value is 2.80. The van der Waals surface area contributed by atoms with Crippen molar-refractivity contribution in [3.05, 3.63) is 0 Å². The fraction of sp³-hybridized carbons (Fsp3) is 0. The average Bonchev–Trinajstić information content (AvgIpc) is 1.00. The molecular weight excluding hydrogens is 381 g/mol. The normalized spacial score (nSPS) is 1.20. The van der Waals surface area contributed by atoms with Crippen LogP contribution >= 0.6 is 0 Å². The Balaban J connectivity index is -0.00000000167. The van der Waals surface area contributed by atoms with Gasteiger partial charge in [-0.15, -0.1) is 0 Å². The van der Waals surface area contributed by atoms with Crippen molar-refractivity contribution in [2.24, 2.45) is 0 Å². The Kier molecular flexibility index (Phi) is 146. The Morgan fingerprint density at radius 2 is 1.00 bits per heavy atom. The van der Waals surface area contributed by atoms with Crippen LogP contribution < -0.4 is 0 Å². The third-order valence-corrected chi connectivity index (χ3v) is 0. The molecule has 0 heterocycles. The van der Waals surface area contributed by atoms with E-state index in [9.17, 15) is 0 Å². The first kappa shape index (κ1) is 25.0. The van der Waals surface area contributed by atoms with Crippen molar-refractivity contribution in [3.8, 4) is 0 Å². The van der Waals surface area contributed by atoms with Crippen LogP contribution in [0.4, 0.5) is 0 Å². The SMILES string of the molecule is [GaH3].[InH3].[InH3].[O]=[Zn]. The van der Waals surface area contributed by atoms with Crippen LogP contribution in [-0.2, 0) is 21.8 Å². The summed E-state index contributed by atoms with van der Waals surface area (Å²) < 4.78 is 8.38. The molecule has 0 aliphatic carbocycles. The van der Waals surface area contributed by atoms with E-state index in [-0.39, 0.29) is 89.7 Å². The fourth-order valence-corrected chi connectivity index (χ4v) is 0. The zero-order chi connectivity index (χ0) is 2.00. The summed E-state index contributed by atoms with van der Waals surface area (Å²) in [5, 5.41) is 0. The van der Waals surface area contributed by atoms with E-state index in [2.05, 4.69) is 0 Å². The van der Waals surface area contributed by atoms with Crippen molar-refractivity contribution in [1.29, 1.82) is 0 Å². The molecule has 0 aromatic carbocycles. The van der Waals surface area contributed by atoms with Gasteiger partial charge in [0.05, 0.1) is 0 Å². The van der Waals surface area contributed by atoms with Gasteiger partial charge in [0.15, 0.2) is 0 Å². The van der Waals surface area contributed by atoms with Gasteiger partial charge in [-0.1, -0.05) is 0 Å². The summed E-state index contributed by atoms with van der Waals surface area (Å²) in [6.45, 7) is 0. The molecule has 0 spiro atoms. The molecule has 0 aliphatic heterocycles. The van der Waals surface area contributed by atoms with Gasteiger partial charge in [0.2, 0.25) is 0 Å². The fourth-order valence-electron chi connectivity index (χ4n) is 0. The van der Waals surface area contributed by atoms with Gasteiger partial charge in [-0.2, -0.15) is 0 Å². The van der Waals surface area contributed by atoms with Gasteiger partial charge in [0.25, 0.3) is 0 Å². The first-order chi connectivity index (χ1) is 1.00. The van der Waals surface area contributed by atoms with Gasteiger partial charge >= 0.3 is 93.3 Å². The molecule has 0 saturated carbocycles. The van der Waals surface area contributed by atoms with E-state index < -0.39 is 0 Å². The predicted octanol–water partition coefficient (Wildman–Crippen LogP) is -3.67. The van der Waals surface area contributed by atoms with Gasteiger partial charge in [0.1, 0.15) is 0 Å². The molecule has 0 unspecified atom stereocenters. The molecule has 0 saturated heterocycles. The quantitative estimate of drug-likeness (QED) is 0.390. The van der Waals surface area contributed by atoms with Crippen molar-refractivity contribution in [2.75, 3.05) is 0 Å². The minimum atomic E-state index is 0. The number of hydrogen-bond acceptors (Lipinski definition) is 1. The number of hydrogen-bond donors (Lipinski definition) is 0. The molecule has 0 fully saturated rings. The third kappa shape index (κ3) is 20.0. The maximum atomic E-state index is 8.38. The second kappa shape index (κ2) is 29.2. The summed E-state index contributed by atoms with van der Waals surface area (Å²) in [5.74, 6) is 0. The molecule has 0 bridgehead atoms. The first-order valence-electron chi connectivity index (χ1n) is 0.289. The Morgan fingerprint density at radius 1 is 1.00 bits per heavy atom. The monoisotopic (exact) mass is 388 g/mol. The van der Waals surface area contributed by atoms with Crippen LogP contribution in [0.3, 0.4) is 0 Å². The van der Waals surface area contributed by atoms with Crippen LogP contribution in [-0.4, -0.2) is 71.5 Å². The summed E-state index contributed by atoms with van der Waals surface area (Å²) >= 11 is 0.125. The molecule has 26 valence electrons. The summed E-state index contributed by atoms with van der Waals surface area (Å²) in [6, 6.07) is 0. The van der Waals surface area contributed by atoms with Crippen LogP contribution in [0.2, 0.25) is 0 Å². The van der Waals surface area contributed by atoms with Crippen LogP contribution in [0, 0.1) is 0 Å². The molecule has 0 aromatic heterocycles. The van der Waals surface area contributed by atoms with Crippen LogP contribution in [0.15, 0.2) is 0 Å². The van der Waals surface area contributed by atoms with Crippen molar-refractivity contribution in [1.82, 2.24) is 0 Å². The first-order valence-corrected chi connectivity index (χ1v) is 1.50. The minimum absolute atomic E-state index is 0. The predicted molar refractivity (Wildman–Crippen MR) is 30.5 cm³/mol. The molecule has 0 aromatic rings. The van der Waals surface area contributed by atoms with Gasteiger partial charge in [-0.25, -0.2) is 0 Å². The van der Waals surface area contributed by atoms with E-state index in [0.717, 1.165) is 0 Å². The van der Waals surface area contributed by atoms with Crippen molar-refractivity contribution < 1.29 is 21.8 Å². The summed E-state index contributed by atoms with van der Waals surface area (Å²) in [6.07, 6.45) is 0. The third-order valence-electron chi connectivity index (χ3n) is 0. The zero-order valence-corrected chi connectivity index (χ0v) is 4.08. The maximum absolute atomic E-state index is 8.38. The second-order valence-corrected chi connectivity index (χ2v) is 0. The summed E-state index contributed by atoms with van der Waals surface area (Å²) in [4.78, 5) is 0. The van der Waals surface area contributed by atoms with Crippen LogP contribution in [0.5, 0.6) is 0 Å². The second-order valence-electron chi connectivity index (χ2n) is 0. The van der Waals surface area contributed by atoms with Gasteiger partial charge in [0, 0.05) is 0 Å². The summed E-state index contributed by atoms with van der Waals surface area (Å²) in [5.41, 5.74) is 0. The van der Waals surface area contributed by atoms with Gasteiger partial charge in [-0.3, -0.25) is 0 Å². The van der Waals surface area contributed by atoms with Crippen molar-refractivity contribution in [3.63, 3.8) is 0 Å². The van der Waals surface area contributed by atoms with Crippen LogP contribution in [0.1, 0.15) is 0 Å². The molecular formula is H9GaIn2OZn. The molecule has 0 N–H and O–H groups in total.